The van der Waals surface area contributed by atoms with Crippen molar-refractivity contribution in [1.29, 1.82) is 0 Å². The van der Waals surface area contributed by atoms with Gasteiger partial charge in [-0.25, -0.2) is 9.78 Å². The van der Waals surface area contributed by atoms with E-state index in [1.165, 1.54) is 12.1 Å². The second kappa shape index (κ2) is 9.56. The fourth-order valence-electron chi connectivity index (χ4n) is 5.73. The van der Waals surface area contributed by atoms with E-state index in [9.17, 15) is 18.0 Å². The van der Waals surface area contributed by atoms with Crippen LogP contribution in [0.1, 0.15) is 64.5 Å². The number of ether oxygens (including phenoxy) is 1. The fraction of sp³-hybridized carbons (Fsp3) is 0.517. The molecule has 2 aliphatic rings. The van der Waals surface area contributed by atoms with Gasteiger partial charge in [-0.15, -0.1) is 0 Å². The monoisotopic (exact) mass is 498 g/mol. The van der Waals surface area contributed by atoms with Crippen LogP contribution in [0.5, 0.6) is 0 Å². The highest BCUT2D eigenvalue weighted by Gasteiger charge is 2.43. The molecule has 2 fully saturated rings. The molecule has 0 bridgehead atoms. The number of rotatable bonds is 6. The van der Waals surface area contributed by atoms with E-state index < -0.39 is 17.8 Å². The van der Waals surface area contributed by atoms with Gasteiger partial charge in [0.25, 0.3) is 0 Å². The van der Waals surface area contributed by atoms with E-state index in [4.69, 9.17) is 9.72 Å². The second-order valence-corrected chi connectivity index (χ2v) is 11.0. The molecule has 2 aromatic carbocycles. The van der Waals surface area contributed by atoms with Gasteiger partial charge in [0.15, 0.2) is 0 Å². The molecule has 1 heterocycles. The van der Waals surface area contributed by atoms with Gasteiger partial charge in [0.2, 0.25) is 0 Å². The number of esters is 1. The van der Waals surface area contributed by atoms with Gasteiger partial charge in [0.1, 0.15) is 18.0 Å². The van der Waals surface area contributed by atoms with Gasteiger partial charge in [0.05, 0.1) is 16.6 Å². The number of halogens is 3. The number of carbonyl (C=O) groups excluding carboxylic acids is 1. The molecule has 2 aliphatic carbocycles. The first-order valence-corrected chi connectivity index (χ1v) is 13.0. The molecule has 3 aromatic rings. The minimum absolute atomic E-state index is 0.119. The molecule has 0 radical (unpaired) electrons. The van der Waals surface area contributed by atoms with Crippen molar-refractivity contribution in [3.8, 4) is 11.4 Å². The van der Waals surface area contributed by atoms with Crippen molar-refractivity contribution in [1.82, 2.24) is 9.55 Å². The Morgan fingerprint density at radius 3 is 2.36 bits per heavy atom. The maximum Gasteiger partial charge on any atom is 0.416 e. The number of aromatic nitrogens is 2. The molecule has 2 saturated carbocycles. The normalized spacial score (nSPS) is 23.7. The zero-order valence-corrected chi connectivity index (χ0v) is 21.0. The van der Waals surface area contributed by atoms with Gasteiger partial charge < -0.3 is 9.30 Å². The quantitative estimate of drug-likeness (QED) is 0.328. The largest absolute Gasteiger partial charge is 0.461 e. The molecule has 7 heteroatoms. The summed E-state index contributed by atoms with van der Waals surface area (Å²) < 4.78 is 47.7. The van der Waals surface area contributed by atoms with Gasteiger partial charge in [-0.3, -0.25) is 0 Å². The number of para-hydroxylation sites is 2. The van der Waals surface area contributed by atoms with E-state index in [0.717, 1.165) is 49.8 Å². The third-order valence-electron chi connectivity index (χ3n) is 7.88. The Balaban J connectivity index is 1.54. The predicted molar refractivity (Wildman–Crippen MR) is 133 cm³/mol. The number of fused-ring (bicyclic) bond motifs is 1. The zero-order chi connectivity index (χ0) is 25.6. The third-order valence-corrected chi connectivity index (χ3v) is 7.88. The summed E-state index contributed by atoms with van der Waals surface area (Å²) in [6.07, 6.45) is 0.349. The van der Waals surface area contributed by atoms with Gasteiger partial charge in [-0.1, -0.05) is 51.5 Å². The van der Waals surface area contributed by atoms with E-state index in [0.29, 0.717) is 34.7 Å². The van der Waals surface area contributed by atoms with Crippen molar-refractivity contribution < 1.29 is 22.7 Å². The summed E-state index contributed by atoms with van der Waals surface area (Å²) in [6.45, 7) is 6.58. The Bertz CT molecular complexity index is 1230. The van der Waals surface area contributed by atoms with Crippen LogP contribution < -0.4 is 0 Å². The van der Waals surface area contributed by atoms with Crippen LogP contribution in [0, 0.1) is 23.7 Å². The highest BCUT2D eigenvalue weighted by atomic mass is 19.4. The highest BCUT2D eigenvalue weighted by molar-refractivity contribution is 5.85. The van der Waals surface area contributed by atoms with Crippen LogP contribution in [0.15, 0.2) is 48.5 Å². The first-order chi connectivity index (χ1) is 17.1. The van der Waals surface area contributed by atoms with Crippen LogP contribution >= 0.6 is 0 Å². The molecule has 4 nitrogen and oxygen atoms in total. The summed E-state index contributed by atoms with van der Waals surface area (Å²) in [4.78, 5) is 18.6. The summed E-state index contributed by atoms with van der Waals surface area (Å²) in [7, 11) is 0. The summed E-state index contributed by atoms with van der Waals surface area (Å²) in [5, 5.41) is 0. The Kier molecular flexibility index (Phi) is 6.60. The first kappa shape index (κ1) is 24.8. The summed E-state index contributed by atoms with van der Waals surface area (Å²) in [5.41, 5.74) is 1.33. The number of nitrogens with zero attached hydrogens (tertiary/aromatic N) is 2. The van der Waals surface area contributed by atoms with Crippen LogP contribution in [0.3, 0.4) is 0 Å². The van der Waals surface area contributed by atoms with Crippen molar-refractivity contribution in [3.63, 3.8) is 0 Å². The Labute approximate surface area is 209 Å². The van der Waals surface area contributed by atoms with E-state index in [1.54, 1.807) is 0 Å². The van der Waals surface area contributed by atoms with Gasteiger partial charge in [0, 0.05) is 5.56 Å². The lowest BCUT2D eigenvalue weighted by molar-refractivity contribution is -0.160. The lowest BCUT2D eigenvalue weighted by atomic mass is 9.75. The van der Waals surface area contributed by atoms with Crippen molar-refractivity contribution in [3.05, 3.63) is 54.1 Å². The van der Waals surface area contributed by atoms with Crippen LogP contribution in [0.2, 0.25) is 0 Å². The van der Waals surface area contributed by atoms with Crippen LogP contribution in [-0.2, 0) is 15.7 Å². The molecule has 0 N–H and O–H groups in total. The maximum atomic E-state index is 13.9. The standard InChI is InChI=1S/C29H33F3N2O2/c1-17(2)22-15-8-18(3)16-25(22)36-28(35)26(19-9-10-19)34-24-7-5-4-6-23(24)33-27(34)20-11-13-21(14-12-20)29(30,31)32/h4-7,11-14,17-19,22,25-26H,8-10,15-16H2,1-3H3/t18-,22+,25?,26-/m1/s1. The minimum Gasteiger partial charge on any atom is -0.461 e. The number of hydrogen-bond donors (Lipinski definition) is 0. The molecule has 1 aromatic heterocycles. The molecular weight excluding hydrogens is 465 g/mol. The van der Waals surface area contributed by atoms with Crippen molar-refractivity contribution in [2.45, 2.75) is 71.2 Å². The molecular formula is C29H33F3N2O2. The second-order valence-electron chi connectivity index (χ2n) is 11.0. The van der Waals surface area contributed by atoms with Crippen molar-refractivity contribution >= 4 is 17.0 Å². The topological polar surface area (TPSA) is 44.1 Å². The van der Waals surface area contributed by atoms with Gasteiger partial charge >= 0.3 is 12.1 Å². The third kappa shape index (κ3) is 4.89. The summed E-state index contributed by atoms with van der Waals surface area (Å²) in [6, 6.07) is 12.0. The predicted octanol–water partition coefficient (Wildman–Crippen LogP) is 7.68. The number of imidazole rings is 1. The molecule has 0 spiro atoms. The molecule has 0 amide bonds. The number of hydrogen-bond acceptors (Lipinski definition) is 3. The van der Waals surface area contributed by atoms with Gasteiger partial charge in [-0.2, -0.15) is 13.2 Å². The Morgan fingerprint density at radius 2 is 1.72 bits per heavy atom. The first-order valence-electron chi connectivity index (χ1n) is 13.0. The summed E-state index contributed by atoms with van der Waals surface area (Å²) >= 11 is 0. The molecule has 4 atom stereocenters. The van der Waals surface area contributed by atoms with Crippen LogP contribution in [-0.4, -0.2) is 21.6 Å². The van der Waals surface area contributed by atoms with E-state index in [1.807, 2.05) is 28.8 Å². The number of benzene rings is 2. The van der Waals surface area contributed by atoms with Crippen molar-refractivity contribution in [2.75, 3.05) is 0 Å². The highest BCUT2D eigenvalue weighted by Crippen LogP contribution is 2.45. The molecule has 1 unspecified atom stereocenters. The average molecular weight is 499 g/mol. The number of alkyl halides is 3. The van der Waals surface area contributed by atoms with Crippen LogP contribution in [0.4, 0.5) is 13.2 Å². The zero-order valence-electron chi connectivity index (χ0n) is 21.0. The van der Waals surface area contributed by atoms with E-state index in [-0.39, 0.29) is 18.0 Å². The summed E-state index contributed by atoms with van der Waals surface area (Å²) in [5.74, 6) is 1.64. The SMILES string of the molecule is CC(C)[C@@H]1CC[C@@H](C)CC1OC(=O)[C@@H](C1CC1)n1c(-c2ccc(C(F)(F)F)cc2)nc2ccccc21. The molecule has 0 aliphatic heterocycles. The molecule has 5 rings (SSSR count). The minimum atomic E-state index is -4.41. The average Bonchev–Trinajstić information content (AvgIpc) is 3.59. The van der Waals surface area contributed by atoms with E-state index >= 15 is 0 Å². The maximum absolute atomic E-state index is 13.9. The lowest BCUT2D eigenvalue weighted by Gasteiger charge is -2.37. The van der Waals surface area contributed by atoms with Crippen molar-refractivity contribution in [2.24, 2.45) is 23.7 Å². The van der Waals surface area contributed by atoms with Crippen LogP contribution in [0.25, 0.3) is 22.4 Å². The Morgan fingerprint density at radius 1 is 1.03 bits per heavy atom. The smallest absolute Gasteiger partial charge is 0.416 e. The number of carbonyl (C=O) groups is 1. The molecule has 192 valence electrons. The van der Waals surface area contributed by atoms with E-state index in [2.05, 4.69) is 20.8 Å². The fourth-order valence-corrected chi connectivity index (χ4v) is 5.73. The molecule has 36 heavy (non-hydrogen) atoms. The molecule has 0 saturated heterocycles. The lowest BCUT2D eigenvalue weighted by Crippen LogP contribution is -2.38. The van der Waals surface area contributed by atoms with Gasteiger partial charge in [-0.05, 0) is 73.6 Å². The Hall–Kier alpha value is -2.83.